The number of benzene rings is 1. The third-order valence-electron chi connectivity index (χ3n) is 3.45. The van der Waals surface area contributed by atoms with E-state index in [2.05, 4.69) is 27.9 Å². The molecule has 0 unspecified atom stereocenters. The molecule has 0 amide bonds. The average Bonchev–Trinajstić information content (AvgIpc) is 2.54. The van der Waals surface area contributed by atoms with E-state index in [4.69, 9.17) is 4.74 Å². The lowest BCUT2D eigenvalue weighted by molar-refractivity contribution is 0.0594. The summed E-state index contributed by atoms with van der Waals surface area (Å²) in [6, 6.07) is 7.93. The van der Waals surface area contributed by atoms with Crippen LogP contribution in [0.15, 0.2) is 36.5 Å². The molecule has 4 nitrogen and oxygen atoms in total. The third kappa shape index (κ3) is 2.42. The average molecular weight is 269 g/mol. The van der Waals surface area contributed by atoms with Crippen LogP contribution < -0.4 is 0 Å². The summed E-state index contributed by atoms with van der Waals surface area (Å²) in [5, 5.41) is 2.00. The van der Waals surface area contributed by atoms with Crippen LogP contribution in [-0.4, -0.2) is 31.3 Å². The molecule has 0 fully saturated rings. The van der Waals surface area contributed by atoms with Gasteiger partial charge in [0.15, 0.2) is 0 Å². The number of nitrogens with zero attached hydrogens (tertiary/aromatic N) is 1. The minimum atomic E-state index is -0.414. The number of methoxy groups -OCH3 is 1. The Bertz CT molecular complexity index is 691. The summed E-state index contributed by atoms with van der Waals surface area (Å²) in [5.41, 5.74) is 2.82. The van der Waals surface area contributed by atoms with Crippen LogP contribution in [0, 0.1) is 0 Å². The first-order chi connectivity index (χ1) is 9.78. The minimum absolute atomic E-state index is 0.332. The fourth-order valence-electron chi connectivity index (χ4n) is 2.35. The topological polar surface area (TPSA) is 48.4 Å². The monoisotopic (exact) mass is 269 g/mol. The maximum absolute atomic E-state index is 11.5. The van der Waals surface area contributed by atoms with Gasteiger partial charge in [-0.05, 0) is 35.1 Å². The summed E-state index contributed by atoms with van der Waals surface area (Å²) in [6.45, 7) is 1.44. The van der Waals surface area contributed by atoms with E-state index in [1.165, 1.54) is 18.2 Å². The van der Waals surface area contributed by atoms with Gasteiger partial charge in [-0.25, -0.2) is 9.78 Å². The quantitative estimate of drug-likeness (QED) is 0.787. The predicted molar refractivity (Wildman–Crippen MR) is 76.5 cm³/mol. The number of hydrogen-bond acceptors (Lipinski definition) is 4. The first-order valence-electron chi connectivity index (χ1n) is 6.53. The van der Waals surface area contributed by atoms with Crippen molar-refractivity contribution < 1.29 is 14.3 Å². The smallest absolute Gasteiger partial charge is 0.356 e. The van der Waals surface area contributed by atoms with E-state index in [1.807, 2.05) is 6.07 Å². The Labute approximate surface area is 117 Å². The van der Waals surface area contributed by atoms with Crippen LogP contribution in [0.1, 0.15) is 22.5 Å². The van der Waals surface area contributed by atoms with Gasteiger partial charge < -0.3 is 9.47 Å². The normalized spacial score (nSPS) is 14.9. The molecule has 0 bridgehead atoms. The number of hydrogen-bond donors (Lipinski definition) is 0. The van der Waals surface area contributed by atoms with Crippen molar-refractivity contribution in [2.24, 2.45) is 0 Å². The van der Waals surface area contributed by atoms with Crippen LogP contribution in [0.25, 0.3) is 16.3 Å². The lowest BCUT2D eigenvalue weighted by Gasteiger charge is -2.14. The van der Waals surface area contributed by atoms with Gasteiger partial charge in [0.2, 0.25) is 0 Å². The maximum atomic E-state index is 11.5. The molecule has 0 N–H and O–H groups in total. The van der Waals surface area contributed by atoms with Crippen molar-refractivity contribution in [3.05, 3.63) is 47.8 Å². The Morgan fingerprint density at radius 3 is 2.95 bits per heavy atom. The molecule has 0 saturated carbocycles. The van der Waals surface area contributed by atoms with E-state index in [0.29, 0.717) is 12.3 Å². The highest BCUT2D eigenvalue weighted by Crippen LogP contribution is 2.25. The van der Waals surface area contributed by atoms with Crippen LogP contribution in [0.2, 0.25) is 0 Å². The molecule has 2 heterocycles. The fraction of sp³-hybridized carbons (Fsp3) is 0.250. The zero-order valence-corrected chi connectivity index (χ0v) is 11.3. The molecular formula is C16H15NO3. The van der Waals surface area contributed by atoms with E-state index in [9.17, 15) is 4.79 Å². The molecule has 3 rings (SSSR count). The van der Waals surface area contributed by atoms with Crippen LogP contribution in [0.4, 0.5) is 0 Å². The molecule has 2 aromatic rings. The van der Waals surface area contributed by atoms with E-state index in [1.54, 1.807) is 12.3 Å². The lowest BCUT2D eigenvalue weighted by Crippen LogP contribution is -2.04. The highest BCUT2D eigenvalue weighted by molar-refractivity contribution is 5.93. The van der Waals surface area contributed by atoms with E-state index in [-0.39, 0.29) is 0 Å². The van der Waals surface area contributed by atoms with Gasteiger partial charge >= 0.3 is 5.97 Å². The van der Waals surface area contributed by atoms with Crippen LogP contribution in [0.3, 0.4) is 0 Å². The number of carbonyl (C=O) groups is 1. The van der Waals surface area contributed by atoms with E-state index in [0.717, 1.165) is 23.8 Å². The molecular weight excluding hydrogens is 254 g/mol. The van der Waals surface area contributed by atoms with Crippen molar-refractivity contribution >= 4 is 22.3 Å². The standard InChI is InChI=1S/C16H15NO3/c1-19-16(18)15-9-13-3-2-12(8-14(13)10-17-15)11-4-6-20-7-5-11/h2-4,8-10H,5-7H2,1H3. The number of rotatable bonds is 2. The number of aromatic nitrogens is 1. The van der Waals surface area contributed by atoms with Gasteiger partial charge in [-0.2, -0.15) is 0 Å². The van der Waals surface area contributed by atoms with Crippen LogP contribution in [0.5, 0.6) is 0 Å². The lowest BCUT2D eigenvalue weighted by atomic mass is 9.99. The van der Waals surface area contributed by atoms with Gasteiger partial charge in [-0.3, -0.25) is 0 Å². The van der Waals surface area contributed by atoms with Gasteiger partial charge in [-0.1, -0.05) is 18.2 Å². The van der Waals surface area contributed by atoms with Crippen molar-refractivity contribution in [1.82, 2.24) is 4.98 Å². The second-order valence-electron chi connectivity index (χ2n) is 4.68. The van der Waals surface area contributed by atoms with Crippen molar-refractivity contribution in [3.63, 3.8) is 0 Å². The van der Waals surface area contributed by atoms with E-state index >= 15 is 0 Å². The summed E-state index contributed by atoms with van der Waals surface area (Å²) >= 11 is 0. The number of ether oxygens (including phenoxy) is 2. The molecule has 0 spiro atoms. The zero-order valence-electron chi connectivity index (χ0n) is 11.3. The summed E-state index contributed by atoms with van der Waals surface area (Å²) in [6.07, 6.45) is 4.76. The predicted octanol–water partition coefficient (Wildman–Crippen LogP) is 2.83. The number of pyridine rings is 1. The molecule has 0 radical (unpaired) electrons. The van der Waals surface area contributed by atoms with Gasteiger partial charge in [0.1, 0.15) is 5.69 Å². The Morgan fingerprint density at radius 1 is 1.30 bits per heavy atom. The molecule has 0 atom stereocenters. The molecule has 4 heteroatoms. The molecule has 0 saturated heterocycles. The summed E-state index contributed by atoms with van der Waals surface area (Å²) < 4.78 is 10.0. The second kappa shape index (κ2) is 5.43. The Balaban J connectivity index is 2.00. The first-order valence-corrected chi connectivity index (χ1v) is 6.53. The SMILES string of the molecule is COC(=O)c1cc2ccc(C3=CCOCC3)cc2cn1. The van der Waals surface area contributed by atoms with Crippen LogP contribution >= 0.6 is 0 Å². The largest absolute Gasteiger partial charge is 0.464 e. The zero-order chi connectivity index (χ0) is 13.9. The molecule has 1 aromatic carbocycles. The maximum Gasteiger partial charge on any atom is 0.356 e. The van der Waals surface area contributed by atoms with Gasteiger partial charge in [-0.15, -0.1) is 0 Å². The van der Waals surface area contributed by atoms with Crippen LogP contribution in [-0.2, 0) is 9.47 Å². The summed E-state index contributed by atoms with van der Waals surface area (Å²) in [5.74, 6) is -0.414. The van der Waals surface area contributed by atoms with E-state index < -0.39 is 5.97 Å². The minimum Gasteiger partial charge on any atom is -0.464 e. The van der Waals surface area contributed by atoms with Crippen molar-refractivity contribution in [2.75, 3.05) is 20.3 Å². The second-order valence-corrected chi connectivity index (χ2v) is 4.68. The Hall–Kier alpha value is -2.20. The van der Waals surface area contributed by atoms with Crippen molar-refractivity contribution in [2.45, 2.75) is 6.42 Å². The first kappa shape index (κ1) is 12.8. The molecule has 1 aromatic heterocycles. The number of fused-ring (bicyclic) bond motifs is 1. The molecule has 0 aliphatic carbocycles. The summed E-state index contributed by atoms with van der Waals surface area (Å²) in [4.78, 5) is 15.6. The molecule has 1 aliphatic heterocycles. The van der Waals surface area contributed by atoms with Crippen molar-refractivity contribution in [3.8, 4) is 0 Å². The Kier molecular flexibility index (Phi) is 3.48. The Morgan fingerprint density at radius 2 is 2.20 bits per heavy atom. The van der Waals surface area contributed by atoms with Crippen molar-refractivity contribution in [1.29, 1.82) is 0 Å². The molecule has 20 heavy (non-hydrogen) atoms. The van der Waals surface area contributed by atoms with Gasteiger partial charge in [0.05, 0.1) is 20.3 Å². The fourth-order valence-corrected chi connectivity index (χ4v) is 2.35. The molecule has 1 aliphatic rings. The van der Waals surface area contributed by atoms with Gasteiger partial charge in [0, 0.05) is 11.6 Å². The van der Waals surface area contributed by atoms with Gasteiger partial charge in [0.25, 0.3) is 0 Å². The number of esters is 1. The highest BCUT2D eigenvalue weighted by Gasteiger charge is 2.10. The summed E-state index contributed by atoms with van der Waals surface area (Å²) in [7, 11) is 1.36. The third-order valence-corrected chi connectivity index (χ3v) is 3.45. The highest BCUT2D eigenvalue weighted by atomic mass is 16.5. The molecule has 102 valence electrons. The number of carbonyl (C=O) groups excluding carboxylic acids is 1.